The molecule has 0 aliphatic rings. The molecule has 0 atom stereocenters. The minimum atomic E-state index is 0.191. The van der Waals surface area contributed by atoms with E-state index in [0.717, 1.165) is 17.9 Å². The Kier molecular flexibility index (Phi) is 4.89. The Bertz CT molecular complexity index is 602. The van der Waals surface area contributed by atoms with Crippen LogP contribution in [0, 0.1) is 0 Å². The van der Waals surface area contributed by atoms with Gasteiger partial charge in [0, 0.05) is 20.6 Å². The third-order valence-electron chi connectivity index (χ3n) is 2.73. The highest BCUT2D eigenvalue weighted by Crippen LogP contribution is 2.15. The molecule has 112 valence electrons. The first-order valence-electron chi connectivity index (χ1n) is 6.62. The number of nitrogens with two attached hydrogens (primary N) is 1. The van der Waals surface area contributed by atoms with Gasteiger partial charge in [-0.05, 0) is 24.7 Å². The molecule has 0 aliphatic heterocycles. The summed E-state index contributed by atoms with van der Waals surface area (Å²) >= 11 is 0. The molecular formula is C14H20N6O. The average molecular weight is 288 g/mol. The highest BCUT2D eigenvalue weighted by Gasteiger charge is 2.07. The zero-order valence-corrected chi connectivity index (χ0v) is 12.5. The van der Waals surface area contributed by atoms with E-state index in [9.17, 15) is 0 Å². The number of anilines is 2. The minimum Gasteiger partial charge on any atom is -0.486 e. The lowest BCUT2D eigenvalue weighted by molar-refractivity contribution is 0.295. The molecule has 1 heterocycles. The Morgan fingerprint density at radius 3 is 2.76 bits per heavy atom. The van der Waals surface area contributed by atoms with Crippen molar-refractivity contribution in [3.8, 4) is 5.75 Å². The van der Waals surface area contributed by atoms with Crippen molar-refractivity contribution in [3.63, 3.8) is 0 Å². The van der Waals surface area contributed by atoms with Crippen LogP contribution in [0.5, 0.6) is 5.75 Å². The monoisotopic (exact) mass is 288 g/mol. The molecule has 0 spiro atoms. The second-order valence-corrected chi connectivity index (χ2v) is 4.77. The molecule has 0 bridgehead atoms. The smallest absolute Gasteiger partial charge is 0.230 e. The molecule has 7 nitrogen and oxygen atoms in total. The molecule has 0 unspecified atom stereocenters. The molecule has 0 saturated carbocycles. The lowest BCUT2D eigenvalue weighted by Gasteiger charge is -2.12. The van der Waals surface area contributed by atoms with E-state index in [4.69, 9.17) is 10.5 Å². The van der Waals surface area contributed by atoms with E-state index in [1.807, 2.05) is 45.4 Å². The topological polar surface area (TPSA) is 89.2 Å². The second-order valence-electron chi connectivity index (χ2n) is 4.77. The van der Waals surface area contributed by atoms with E-state index in [2.05, 4.69) is 20.3 Å². The molecule has 0 radical (unpaired) electrons. The molecule has 21 heavy (non-hydrogen) atoms. The van der Waals surface area contributed by atoms with Gasteiger partial charge in [-0.2, -0.15) is 15.0 Å². The second kappa shape index (κ2) is 6.85. The molecule has 0 saturated heterocycles. The van der Waals surface area contributed by atoms with Crippen molar-refractivity contribution >= 4 is 11.9 Å². The summed E-state index contributed by atoms with van der Waals surface area (Å²) in [5, 5.41) is 3.10. The Labute approximate surface area is 124 Å². The maximum atomic E-state index is 5.71. The first-order valence-corrected chi connectivity index (χ1v) is 6.62. The Morgan fingerprint density at radius 1 is 1.24 bits per heavy atom. The van der Waals surface area contributed by atoms with E-state index in [-0.39, 0.29) is 12.6 Å². The van der Waals surface area contributed by atoms with Crippen molar-refractivity contribution in [2.75, 3.05) is 31.8 Å². The van der Waals surface area contributed by atoms with Crippen molar-refractivity contribution < 1.29 is 4.74 Å². The molecule has 2 aromatic rings. The van der Waals surface area contributed by atoms with Gasteiger partial charge in [0.2, 0.25) is 11.9 Å². The van der Waals surface area contributed by atoms with Gasteiger partial charge in [-0.1, -0.05) is 12.1 Å². The Hall–Kier alpha value is -2.41. The maximum absolute atomic E-state index is 5.71. The number of hydrogen-bond donors (Lipinski definition) is 2. The fourth-order valence-corrected chi connectivity index (χ4v) is 1.79. The molecule has 1 aromatic heterocycles. The largest absolute Gasteiger partial charge is 0.486 e. The van der Waals surface area contributed by atoms with Crippen LogP contribution in [0.2, 0.25) is 0 Å². The number of nitrogens with one attached hydrogen (secondary N) is 1. The standard InChI is InChI=1S/C14H20N6O/c1-16-8-10-5-4-6-11(7-10)21-9-12-17-13(15)19-14(18-12)20(2)3/h4-7,16H,8-9H2,1-3H3,(H2,15,17,18,19). The number of nitrogens with zero attached hydrogens (tertiary/aromatic N) is 4. The summed E-state index contributed by atoms with van der Waals surface area (Å²) < 4.78 is 5.71. The summed E-state index contributed by atoms with van der Waals surface area (Å²) in [5.74, 6) is 1.99. The number of rotatable bonds is 6. The van der Waals surface area contributed by atoms with Crippen LogP contribution in [0.1, 0.15) is 11.4 Å². The summed E-state index contributed by atoms with van der Waals surface area (Å²) in [5.41, 5.74) is 6.83. The van der Waals surface area contributed by atoms with Crippen molar-refractivity contribution in [2.45, 2.75) is 13.2 Å². The van der Waals surface area contributed by atoms with Crippen LogP contribution in [0.25, 0.3) is 0 Å². The number of hydrogen-bond acceptors (Lipinski definition) is 7. The zero-order chi connectivity index (χ0) is 15.2. The quantitative estimate of drug-likeness (QED) is 0.813. The summed E-state index contributed by atoms with van der Waals surface area (Å²) in [4.78, 5) is 14.2. The van der Waals surface area contributed by atoms with Crippen molar-refractivity contribution in [3.05, 3.63) is 35.7 Å². The minimum absolute atomic E-state index is 0.191. The Balaban J connectivity index is 2.07. The summed E-state index contributed by atoms with van der Waals surface area (Å²) in [7, 11) is 5.60. The number of benzene rings is 1. The first kappa shape index (κ1) is 15.0. The normalized spacial score (nSPS) is 10.4. The van der Waals surface area contributed by atoms with Gasteiger partial charge in [0.1, 0.15) is 12.4 Å². The predicted octanol–water partition coefficient (Wildman–Crippen LogP) is 0.818. The van der Waals surface area contributed by atoms with Crippen LogP contribution in [-0.4, -0.2) is 36.1 Å². The van der Waals surface area contributed by atoms with E-state index in [0.29, 0.717) is 11.8 Å². The summed E-state index contributed by atoms with van der Waals surface area (Å²) in [6.07, 6.45) is 0. The lowest BCUT2D eigenvalue weighted by Crippen LogP contribution is -2.16. The maximum Gasteiger partial charge on any atom is 0.230 e. The SMILES string of the molecule is CNCc1cccc(OCc2nc(N)nc(N(C)C)n2)c1. The summed E-state index contributed by atoms with van der Waals surface area (Å²) in [6.45, 7) is 1.04. The Morgan fingerprint density at radius 2 is 2.05 bits per heavy atom. The number of ether oxygens (including phenoxy) is 1. The third-order valence-corrected chi connectivity index (χ3v) is 2.73. The van der Waals surface area contributed by atoms with E-state index in [1.165, 1.54) is 0 Å². The highest BCUT2D eigenvalue weighted by atomic mass is 16.5. The van der Waals surface area contributed by atoms with Crippen molar-refractivity contribution in [2.24, 2.45) is 0 Å². The van der Waals surface area contributed by atoms with Crippen LogP contribution in [0.4, 0.5) is 11.9 Å². The van der Waals surface area contributed by atoms with E-state index >= 15 is 0 Å². The molecule has 2 rings (SSSR count). The molecule has 0 aliphatic carbocycles. The predicted molar refractivity (Wildman–Crippen MR) is 82.1 cm³/mol. The fraction of sp³-hybridized carbons (Fsp3) is 0.357. The molecule has 0 amide bonds. The van der Waals surface area contributed by atoms with Gasteiger partial charge in [-0.15, -0.1) is 0 Å². The van der Waals surface area contributed by atoms with Crippen molar-refractivity contribution in [1.29, 1.82) is 0 Å². The first-order chi connectivity index (χ1) is 10.1. The van der Waals surface area contributed by atoms with Gasteiger partial charge >= 0.3 is 0 Å². The van der Waals surface area contributed by atoms with Gasteiger partial charge in [0.25, 0.3) is 0 Å². The molecular weight excluding hydrogens is 268 g/mol. The molecule has 3 N–H and O–H groups in total. The van der Waals surface area contributed by atoms with Crippen LogP contribution >= 0.6 is 0 Å². The molecule has 1 aromatic carbocycles. The van der Waals surface area contributed by atoms with Crippen LogP contribution in [-0.2, 0) is 13.2 Å². The van der Waals surface area contributed by atoms with E-state index < -0.39 is 0 Å². The van der Waals surface area contributed by atoms with Gasteiger partial charge in [-0.3, -0.25) is 0 Å². The molecule has 0 fully saturated rings. The van der Waals surface area contributed by atoms with Gasteiger partial charge in [0.15, 0.2) is 5.82 Å². The third kappa shape index (κ3) is 4.28. The van der Waals surface area contributed by atoms with Gasteiger partial charge < -0.3 is 20.7 Å². The van der Waals surface area contributed by atoms with Crippen LogP contribution in [0.3, 0.4) is 0 Å². The molecule has 7 heteroatoms. The average Bonchev–Trinajstić information content (AvgIpc) is 2.45. The van der Waals surface area contributed by atoms with Crippen molar-refractivity contribution in [1.82, 2.24) is 20.3 Å². The van der Waals surface area contributed by atoms with Gasteiger partial charge in [-0.25, -0.2) is 0 Å². The van der Waals surface area contributed by atoms with Crippen LogP contribution in [0.15, 0.2) is 24.3 Å². The highest BCUT2D eigenvalue weighted by molar-refractivity contribution is 5.33. The summed E-state index contributed by atoms with van der Waals surface area (Å²) in [6, 6.07) is 7.87. The van der Waals surface area contributed by atoms with Gasteiger partial charge in [0.05, 0.1) is 0 Å². The zero-order valence-electron chi connectivity index (χ0n) is 12.5. The number of aromatic nitrogens is 3. The fourth-order valence-electron chi connectivity index (χ4n) is 1.79. The number of nitrogen functional groups attached to an aromatic ring is 1. The lowest BCUT2D eigenvalue weighted by atomic mass is 10.2. The van der Waals surface area contributed by atoms with Crippen LogP contribution < -0.4 is 20.7 Å². The van der Waals surface area contributed by atoms with E-state index in [1.54, 1.807) is 4.90 Å².